The Hall–Kier alpha value is -4.19. The maximum Gasteiger partial charge on any atom is 0.319 e. The Morgan fingerprint density at radius 1 is 1.22 bits per heavy atom. The van der Waals surface area contributed by atoms with Gasteiger partial charge in [-0.15, -0.1) is 11.3 Å². The molecule has 11 nitrogen and oxygen atoms in total. The lowest BCUT2D eigenvalue weighted by molar-refractivity contribution is -0.384. The van der Waals surface area contributed by atoms with E-state index in [-0.39, 0.29) is 29.4 Å². The van der Waals surface area contributed by atoms with Gasteiger partial charge in [0.1, 0.15) is 22.1 Å². The van der Waals surface area contributed by atoms with Crippen LogP contribution in [0.3, 0.4) is 0 Å². The number of benzene rings is 2. The first-order valence-corrected chi connectivity index (χ1v) is 12.4. The minimum absolute atomic E-state index is 0.0885. The fourth-order valence-corrected chi connectivity index (χ4v) is 6.05. The predicted octanol–water partition coefficient (Wildman–Crippen LogP) is 4.21. The van der Waals surface area contributed by atoms with E-state index in [9.17, 15) is 24.5 Å². The lowest BCUT2D eigenvalue weighted by atomic mass is 9.82. The zero-order chi connectivity index (χ0) is 26.3. The number of piperidine rings is 1. The highest BCUT2D eigenvalue weighted by molar-refractivity contribution is 7.23. The molecule has 12 heteroatoms. The van der Waals surface area contributed by atoms with Gasteiger partial charge in [-0.25, -0.2) is 4.79 Å². The molecule has 0 saturated carbocycles. The normalized spacial score (nSPS) is 16.2. The van der Waals surface area contributed by atoms with Gasteiger partial charge in [-0.3, -0.25) is 25.0 Å². The number of anilines is 1. The van der Waals surface area contributed by atoms with Crippen LogP contribution in [0, 0.1) is 10.1 Å². The number of nitro groups is 1. The van der Waals surface area contributed by atoms with Crippen LogP contribution in [0.5, 0.6) is 11.5 Å². The van der Waals surface area contributed by atoms with Crippen LogP contribution >= 0.6 is 11.3 Å². The second kappa shape index (κ2) is 9.36. The molecule has 1 saturated heterocycles. The minimum Gasteiger partial charge on any atom is -0.495 e. The molecule has 2 aliphatic rings. The topological polar surface area (TPSA) is 140 Å². The summed E-state index contributed by atoms with van der Waals surface area (Å²) in [5.41, 5.74) is -0.341. The molecule has 3 heterocycles. The second-order valence-electron chi connectivity index (χ2n) is 8.96. The van der Waals surface area contributed by atoms with Gasteiger partial charge in [0.05, 0.1) is 34.3 Å². The van der Waals surface area contributed by atoms with E-state index in [1.807, 2.05) is 6.07 Å². The number of urea groups is 1. The van der Waals surface area contributed by atoms with Gasteiger partial charge in [-0.1, -0.05) is 12.1 Å². The van der Waals surface area contributed by atoms with E-state index >= 15 is 0 Å². The van der Waals surface area contributed by atoms with Gasteiger partial charge in [0.2, 0.25) is 0 Å². The Balaban J connectivity index is 1.39. The van der Waals surface area contributed by atoms with Crippen molar-refractivity contribution in [3.8, 4) is 11.5 Å². The highest BCUT2D eigenvalue weighted by Crippen LogP contribution is 2.43. The van der Waals surface area contributed by atoms with Crippen molar-refractivity contribution in [3.63, 3.8) is 0 Å². The molecule has 1 spiro atoms. The van der Waals surface area contributed by atoms with E-state index < -0.39 is 16.6 Å². The van der Waals surface area contributed by atoms with Gasteiger partial charge >= 0.3 is 6.03 Å². The van der Waals surface area contributed by atoms with E-state index in [1.165, 1.54) is 36.6 Å². The standard InChI is InChI=1S/C25H24N4O7S/c1-26-24(32)27-22-20(15-4-3-5-19(35-2)21(15)37-22)23(31)28-10-8-25(9-11-28)13-17(30)16-12-14(29(33)34)6-7-18(16)36-25/h3-7,12H,8-11,13H2,1-2H3,(H2,26,27,32). The molecule has 5 rings (SSSR count). The molecule has 2 aliphatic heterocycles. The van der Waals surface area contributed by atoms with Crippen molar-refractivity contribution in [3.05, 3.63) is 57.6 Å². The largest absolute Gasteiger partial charge is 0.495 e. The third kappa shape index (κ3) is 4.33. The molecule has 0 bridgehead atoms. The number of rotatable bonds is 4. The number of carbonyl (C=O) groups excluding carboxylic acids is 3. The first-order chi connectivity index (χ1) is 17.7. The SMILES string of the molecule is CNC(=O)Nc1sc2c(OC)cccc2c1C(=O)N1CCC2(CC1)CC(=O)c1cc([N+](=O)[O-])ccc1O2. The van der Waals surface area contributed by atoms with Crippen molar-refractivity contribution in [2.24, 2.45) is 0 Å². The van der Waals surface area contributed by atoms with Crippen LogP contribution in [-0.4, -0.2) is 60.4 Å². The van der Waals surface area contributed by atoms with Crippen molar-refractivity contribution < 1.29 is 28.8 Å². The maximum absolute atomic E-state index is 13.7. The highest BCUT2D eigenvalue weighted by atomic mass is 32.1. The van der Waals surface area contributed by atoms with E-state index in [2.05, 4.69) is 10.6 Å². The monoisotopic (exact) mass is 524 g/mol. The predicted molar refractivity (Wildman–Crippen MR) is 137 cm³/mol. The summed E-state index contributed by atoms with van der Waals surface area (Å²) < 4.78 is 12.4. The molecule has 1 aromatic heterocycles. The zero-order valence-corrected chi connectivity index (χ0v) is 21.0. The van der Waals surface area contributed by atoms with E-state index in [4.69, 9.17) is 9.47 Å². The number of thiophene rings is 1. The molecule has 3 amide bonds. The minimum atomic E-state index is -0.778. The number of nitrogens with one attached hydrogen (secondary N) is 2. The highest BCUT2D eigenvalue weighted by Gasteiger charge is 2.44. The first-order valence-electron chi connectivity index (χ1n) is 11.6. The lowest BCUT2D eigenvalue weighted by Gasteiger charge is -2.43. The van der Waals surface area contributed by atoms with Crippen LogP contribution in [0.2, 0.25) is 0 Å². The van der Waals surface area contributed by atoms with Crippen molar-refractivity contribution in [1.29, 1.82) is 0 Å². The van der Waals surface area contributed by atoms with Gasteiger partial charge in [0, 0.05) is 50.5 Å². The lowest BCUT2D eigenvalue weighted by Crippen LogP contribution is -2.52. The van der Waals surface area contributed by atoms with Crippen molar-refractivity contribution in [2.45, 2.75) is 24.9 Å². The number of hydrogen-bond acceptors (Lipinski definition) is 8. The third-order valence-electron chi connectivity index (χ3n) is 6.81. The molecule has 3 aromatic rings. The quantitative estimate of drug-likeness (QED) is 0.385. The van der Waals surface area contributed by atoms with Gasteiger partial charge in [0.15, 0.2) is 5.78 Å². The zero-order valence-electron chi connectivity index (χ0n) is 20.2. The summed E-state index contributed by atoms with van der Waals surface area (Å²) in [6.07, 6.45) is 0.931. The van der Waals surface area contributed by atoms with Crippen molar-refractivity contribution in [1.82, 2.24) is 10.2 Å². The number of Topliss-reactive ketones (excluding diaryl/α,β-unsaturated/α-hetero) is 1. The summed E-state index contributed by atoms with van der Waals surface area (Å²) >= 11 is 1.27. The molecule has 0 atom stereocenters. The smallest absolute Gasteiger partial charge is 0.319 e. The van der Waals surface area contributed by atoms with E-state index in [1.54, 1.807) is 24.1 Å². The molecule has 2 N–H and O–H groups in total. The molecule has 0 radical (unpaired) electrons. The number of hydrogen-bond donors (Lipinski definition) is 2. The van der Waals surface area contributed by atoms with Crippen LogP contribution in [0.25, 0.3) is 10.1 Å². The fourth-order valence-electron chi connectivity index (χ4n) is 4.87. The number of amides is 3. The number of non-ortho nitro benzene ring substituents is 1. The summed E-state index contributed by atoms with van der Waals surface area (Å²) in [4.78, 5) is 51.0. The Labute approximate surface area is 215 Å². The number of nitrogens with zero attached hydrogens (tertiary/aromatic N) is 2. The third-order valence-corrected chi connectivity index (χ3v) is 7.95. The molecular formula is C25H24N4O7S. The summed E-state index contributed by atoms with van der Waals surface area (Å²) in [5.74, 6) is 0.485. The van der Waals surface area contributed by atoms with Gasteiger partial charge in [0.25, 0.3) is 11.6 Å². The summed E-state index contributed by atoms with van der Waals surface area (Å²) in [5, 5.41) is 17.5. The number of methoxy groups -OCH3 is 1. The average Bonchev–Trinajstić information content (AvgIpc) is 3.26. The average molecular weight is 525 g/mol. The van der Waals surface area contributed by atoms with Crippen molar-refractivity contribution in [2.75, 3.05) is 32.6 Å². The Morgan fingerprint density at radius 3 is 2.65 bits per heavy atom. The number of ether oxygens (including phenoxy) is 2. The van der Waals surface area contributed by atoms with Crippen LogP contribution in [-0.2, 0) is 0 Å². The summed E-state index contributed by atoms with van der Waals surface area (Å²) in [7, 11) is 3.05. The summed E-state index contributed by atoms with van der Waals surface area (Å²) in [6.45, 7) is 0.685. The van der Waals surface area contributed by atoms with E-state index in [0.717, 1.165) is 4.70 Å². The maximum atomic E-state index is 13.7. The molecule has 192 valence electrons. The molecule has 2 aromatic carbocycles. The second-order valence-corrected chi connectivity index (χ2v) is 9.98. The van der Waals surface area contributed by atoms with Gasteiger partial charge in [-0.2, -0.15) is 0 Å². The number of carbonyl (C=O) groups is 3. The molecule has 0 aliphatic carbocycles. The Bertz CT molecular complexity index is 1440. The summed E-state index contributed by atoms with van der Waals surface area (Å²) in [6, 6.07) is 9.01. The van der Waals surface area contributed by atoms with Gasteiger partial charge < -0.3 is 19.7 Å². The van der Waals surface area contributed by atoms with Crippen molar-refractivity contribution >= 4 is 49.8 Å². The first kappa shape index (κ1) is 24.5. The van der Waals surface area contributed by atoms with Crippen LogP contribution < -0.4 is 20.1 Å². The van der Waals surface area contributed by atoms with Crippen LogP contribution in [0.4, 0.5) is 15.5 Å². The number of ketones is 1. The molecular weight excluding hydrogens is 500 g/mol. The van der Waals surface area contributed by atoms with E-state index in [0.29, 0.717) is 53.4 Å². The number of fused-ring (bicyclic) bond motifs is 2. The Morgan fingerprint density at radius 2 is 1.97 bits per heavy atom. The van der Waals surface area contributed by atoms with Crippen LogP contribution in [0.15, 0.2) is 36.4 Å². The van der Waals surface area contributed by atoms with Crippen LogP contribution in [0.1, 0.15) is 40.0 Å². The number of nitro benzene ring substituents is 1. The fraction of sp³-hybridized carbons (Fsp3) is 0.320. The molecule has 37 heavy (non-hydrogen) atoms. The molecule has 0 unspecified atom stereocenters. The van der Waals surface area contributed by atoms with Gasteiger partial charge in [-0.05, 0) is 12.1 Å². The number of likely N-dealkylation sites (tertiary alicyclic amines) is 1. The molecule has 1 fully saturated rings. The Kier molecular flexibility index (Phi) is 6.20.